The molecule has 0 heterocycles. The van der Waals surface area contributed by atoms with E-state index in [0.717, 1.165) is 5.56 Å². The minimum absolute atomic E-state index is 0. The molecule has 1 unspecified atom stereocenters. The summed E-state index contributed by atoms with van der Waals surface area (Å²) in [6.45, 7) is 3.41. The van der Waals surface area contributed by atoms with Crippen LogP contribution in [0.15, 0.2) is 36.9 Å². The number of benzene rings is 1. The Morgan fingerprint density at radius 3 is 2.31 bits per heavy atom. The van der Waals surface area contributed by atoms with E-state index in [1.807, 2.05) is 0 Å². The van der Waals surface area contributed by atoms with Crippen LogP contribution in [0.3, 0.4) is 0 Å². The number of phenols is 1. The van der Waals surface area contributed by atoms with E-state index >= 15 is 0 Å². The summed E-state index contributed by atoms with van der Waals surface area (Å²) in [6.07, 6.45) is 1.36. The van der Waals surface area contributed by atoms with Crippen LogP contribution in [0.4, 0.5) is 0 Å². The molecule has 16 heavy (non-hydrogen) atoms. The van der Waals surface area contributed by atoms with E-state index in [0.29, 0.717) is 0 Å². The molecule has 0 aromatic heterocycles. The Morgan fingerprint density at radius 2 is 1.94 bits per heavy atom. The fraction of sp³-hybridized carbons (Fsp3) is 0.182. The van der Waals surface area contributed by atoms with Crippen LogP contribution in [0.25, 0.3) is 0 Å². The van der Waals surface area contributed by atoms with Crippen LogP contribution in [0.2, 0.25) is 0 Å². The molecule has 0 fully saturated rings. The number of hydrogen-bond donors (Lipinski definition) is 3. The van der Waals surface area contributed by atoms with E-state index in [9.17, 15) is 4.79 Å². The second-order valence-electron chi connectivity index (χ2n) is 3.39. The topological polar surface area (TPSA) is 83.5 Å². The Hall–Kier alpha value is -1.52. The number of phenolic OH excluding ortho intramolecular Hbond substituents is 1. The molecule has 0 aliphatic heterocycles. The maximum atomic E-state index is 10.9. The maximum Gasteiger partial charge on any atom is 0.328 e. The first kappa shape index (κ1) is 14.5. The van der Waals surface area contributed by atoms with Gasteiger partial charge >= 0.3 is 5.97 Å². The van der Waals surface area contributed by atoms with Crippen LogP contribution in [-0.4, -0.2) is 21.7 Å². The number of nitrogens with two attached hydrogens (primary N) is 1. The number of halogens is 1. The van der Waals surface area contributed by atoms with Crippen LogP contribution >= 0.6 is 12.4 Å². The zero-order chi connectivity index (χ0) is 11.5. The van der Waals surface area contributed by atoms with Crippen molar-refractivity contribution in [3.63, 3.8) is 0 Å². The van der Waals surface area contributed by atoms with Gasteiger partial charge in [-0.2, -0.15) is 0 Å². The van der Waals surface area contributed by atoms with Crippen molar-refractivity contribution in [2.24, 2.45) is 5.73 Å². The average molecular weight is 244 g/mol. The molecule has 1 aromatic rings. The molecule has 0 aliphatic rings. The van der Waals surface area contributed by atoms with E-state index in [-0.39, 0.29) is 24.6 Å². The molecule has 4 nitrogen and oxygen atoms in total. The summed E-state index contributed by atoms with van der Waals surface area (Å²) in [6, 6.07) is 6.23. The molecule has 1 aromatic carbocycles. The third kappa shape index (κ3) is 3.25. The molecule has 88 valence electrons. The molecule has 0 amide bonds. The third-order valence-corrected chi connectivity index (χ3v) is 2.20. The first-order chi connectivity index (χ1) is 6.98. The van der Waals surface area contributed by atoms with Gasteiger partial charge in [-0.15, -0.1) is 19.0 Å². The van der Waals surface area contributed by atoms with E-state index in [4.69, 9.17) is 15.9 Å². The van der Waals surface area contributed by atoms with Gasteiger partial charge in [0.2, 0.25) is 0 Å². The largest absolute Gasteiger partial charge is 0.508 e. The summed E-state index contributed by atoms with van der Waals surface area (Å²) in [4.78, 5) is 10.9. The van der Waals surface area contributed by atoms with Gasteiger partial charge in [0.05, 0.1) is 0 Å². The first-order valence-corrected chi connectivity index (χ1v) is 4.42. The van der Waals surface area contributed by atoms with Crippen molar-refractivity contribution in [2.45, 2.75) is 12.0 Å². The van der Waals surface area contributed by atoms with Crippen molar-refractivity contribution in [1.29, 1.82) is 0 Å². The van der Waals surface area contributed by atoms with Crippen LogP contribution in [0.1, 0.15) is 5.56 Å². The number of hydrogen-bond acceptors (Lipinski definition) is 3. The Kier molecular flexibility index (Phi) is 5.01. The average Bonchev–Trinajstić information content (AvgIpc) is 2.21. The minimum atomic E-state index is -1.46. The van der Waals surface area contributed by atoms with Gasteiger partial charge in [0.25, 0.3) is 0 Å². The number of carboxylic acid groups (broad SMARTS) is 1. The van der Waals surface area contributed by atoms with Gasteiger partial charge < -0.3 is 15.9 Å². The molecule has 1 rings (SSSR count). The standard InChI is InChI=1S/C11H13NO3.ClH/c1-2-11(12,10(14)15)7-8-3-5-9(13)6-4-8;/h2-6,13H,1,7,12H2,(H,14,15);1H. The summed E-state index contributed by atoms with van der Waals surface area (Å²) >= 11 is 0. The van der Waals surface area contributed by atoms with Crippen molar-refractivity contribution in [3.8, 4) is 5.75 Å². The zero-order valence-electron chi connectivity index (χ0n) is 8.59. The second kappa shape index (κ2) is 5.53. The van der Waals surface area contributed by atoms with Crippen LogP contribution in [-0.2, 0) is 11.2 Å². The lowest BCUT2D eigenvalue weighted by molar-refractivity contribution is -0.141. The number of rotatable bonds is 4. The van der Waals surface area contributed by atoms with E-state index in [1.54, 1.807) is 12.1 Å². The van der Waals surface area contributed by atoms with Crippen molar-refractivity contribution in [2.75, 3.05) is 0 Å². The highest BCUT2D eigenvalue weighted by molar-refractivity contribution is 5.85. The summed E-state index contributed by atoms with van der Waals surface area (Å²) in [7, 11) is 0. The van der Waals surface area contributed by atoms with Crippen molar-refractivity contribution in [1.82, 2.24) is 0 Å². The van der Waals surface area contributed by atoms with Crippen LogP contribution in [0, 0.1) is 0 Å². The summed E-state index contributed by atoms with van der Waals surface area (Å²) in [5.41, 5.74) is 4.90. The van der Waals surface area contributed by atoms with Gasteiger partial charge in [-0.3, -0.25) is 0 Å². The molecule has 0 spiro atoms. The van der Waals surface area contributed by atoms with Gasteiger partial charge in [0, 0.05) is 6.42 Å². The smallest absolute Gasteiger partial charge is 0.328 e. The highest BCUT2D eigenvalue weighted by Gasteiger charge is 2.30. The lowest BCUT2D eigenvalue weighted by Crippen LogP contribution is -2.47. The number of aliphatic carboxylic acids is 1. The van der Waals surface area contributed by atoms with Gasteiger partial charge in [-0.25, -0.2) is 4.79 Å². The number of carboxylic acids is 1. The van der Waals surface area contributed by atoms with Gasteiger partial charge in [0.15, 0.2) is 0 Å². The van der Waals surface area contributed by atoms with E-state index in [1.165, 1.54) is 18.2 Å². The quantitative estimate of drug-likeness (QED) is 0.697. The molecule has 1 atom stereocenters. The van der Waals surface area contributed by atoms with Crippen molar-refractivity contribution >= 4 is 18.4 Å². The van der Waals surface area contributed by atoms with E-state index < -0.39 is 11.5 Å². The minimum Gasteiger partial charge on any atom is -0.508 e. The third-order valence-electron chi connectivity index (χ3n) is 2.20. The monoisotopic (exact) mass is 243 g/mol. The maximum absolute atomic E-state index is 10.9. The molecule has 5 heteroatoms. The Labute approximate surface area is 99.8 Å². The summed E-state index contributed by atoms with van der Waals surface area (Å²) in [5.74, 6) is -0.985. The molecule has 0 saturated carbocycles. The molecule has 0 aliphatic carbocycles. The van der Waals surface area contributed by atoms with Crippen LogP contribution in [0.5, 0.6) is 5.75 Å². The Balaban J connectivity index is 0.00000225. The molecule has 0 saturated heterocycles. The van der Waals surface area contributed by atoms with Gasteiger partial charge in [-0.1, -0.05) is 18.2 Å². The Bertz CT molecular complexity index is 377. The highest BCUT2D eigenvalue weighted by Crippen LogP contribution is 2.15. The fourth-order valence-corrected chi connectivity index (χ4v) is 1.19. The Morgan fingerprint density at radius 1 is 1.44 bits per heavy atom. The number of aromatic hydroxyl groups is 1. The van der Waals surface area contributed by atoms with Gasteiger partial charge in [-0.05, 0) is 17.7 Å². The lowest BCUT2D eigenvalue weighted by atomic mass is 9.92. The predicted octanol–water partition coefficient (Wildman–Crippen LogP) is 1.32. The lowest BCUT2D eigenvalue weighted by Gasteiger charge is -2.20. The zero-order valence-corrected chi connectivity index (χ0v) is 9.41. The normalized spacial score (nSPS) is 13.3. The molecular weight excluding hydrogens is 230 g/mol. The first-order valence-electron chi connectivity index (χ1n) is 4.42. The molecule has 4 N–H and O–H groups in total. The molecular formula is C11H14ClNO3. The van der Waals surface area contributed by atoms with Crippen LogP contribution < -0.4 is 5.73 Å². The van der Waals surface area contributed by atoms with E-state index in [2.05, 4.69) is 6.58 Å². The number of carbonyl (C=O) groups is 1. The van der Waals surface area contributed by atoms with Crippen molar-refractivity contribution in [3.05, 3.63) is 42.5 Å². The second-order valence-corrected chi connectivity index (χ2v) is 3.39. The van der Waals surface area contributed by atoms with Crippen molar-refractivity contribution < 1.29 is 15.0 Å². The summed E-state index contributed by atoms with van der Waals surface area (Å²) < 4.78 is 0. The fourth-order valence-electron chi connectivity index (χ4n) is 1.19. The van der Waals surface area contributed by atoms with Gasteiger partial charge in [0.1, 0.15) is 11.3 Å². The predicted molar refractivity (Wildman–Crippen MR) is 63.8 cm³/mol. The molecule has 0 radical (unpaired) electrons. The SMILES string of the molecule is C=CC(N)(Cc1ccc(O)cc1)C(=O)O.Cl. The molecule has 0 bridgehead atoms. The highest BCUT2D eigenvalue weighted by atomic mass is 35.5. The summed E-state index contributed by atoms with van der Waals surface area (Å²) in [5, 5.41) is 18.0.